The summed E-state index contributed by atoms with van der Waals surface area (Å²) in [6.07, 6.45) is 14.2. The minimum absolute atomic E-state index is 0.246. The molecule has 0 aliphatic heterocycles. The van der Waals surface area contributed by atoms with Gasteiger partial charge in [0, 0.05) is 11.8 Å². The molecule has 2 unspecified atom stereocenters. The van der Waals surface area contributed by atoms with Crippen molar-refractivity contribution in [3.63, 3.8) is 0 Å². The number of allylic oxidation sites excluding steroid dienone is 8. The predicted molar refractivity (Wildman–Crippen MR) is 203 cm³/mol. The van der Waals surface area contributed by atoms with Crippen LogP contribution in [0.25, 0.3) is 16.3 Å². The van der Waals surface area contributed by atoms with Crippen molar-refractivity contribution in [1.29, 1.82) is 0 Å². The molecule has 0 fully saturated rings. The maximum atomic E-state index is 2.48. The van der Waals surface area contributed by atoms with Gasteiger partial charge in [0.1, 0.15) is 0 Å². The van der Waals surface area contributed by atoms with Crippen LogP contribution in [0.4, 0.5) is 0 Å². The molecule has 0 saturated heterocycles. The second kappa shape index (κ2) is 13.0. The monoisotopic (exact) mass is 624 g/mol. The first-order chi connectivity index (χ1) is 22.9. The lowest BCUT2D eigenvalue weighted by Gasteiger charge is -2.36. The van der Waals surface area contributed by atoms with E-state index in [-0.39, 0.29) is 5.92 Å². The summed E-state index contributed by atoms with van der Waals surface area (Å²) in [4.78, 5) is 0. The maximum absolute atomic E-state index is 2.48. The number of rotatable bonds is 7. The first-order valence-electron chi connectivity index (χ1n) is 16.0. The van der Waals surface area contributed by atoms with Gasteiger partial charge in [-0.25, -0.2) is 0 Å². The largest absolute Gasteiger partial charge is 0.0767 e. The van der Waals surface area contributed by atoms with E-state index in [1.807, 2.05) is 0 Å². The molecule has 8 rings (SSSR count). The van der Waals surface area contributed by atoms with Crippen molar-refractivity contribution in [2.45, 2.75) is 0 Å². The van der Waals surface area contributed by atoms with Gasteiger partial charge in [-0.3, -0.25) is 0 Å². The van der Waals surface area contributed by atoms with Crippen molar-refractivity contribution in [3.05, 3.63) is 205 Å². The second-order valence-electron chi connectivity index (χ2n) is 11.7. The smallest absolute Gasteiger partial charge is 0.0132 e. The van der Waals surface area contributed by atoms with E-state index >= 15 is 0 Å². The van der Waals surface area contributed by atoms with Crippen molar-refractivity contribution in [2.24, 2.45) is 11.8 Å². The second-order valence-corrected chi connectivity index (χ2v) is 16.1. The van der Waals surface area contributed by atoms with Gasteiger partial charge in [-0.15, -0.1) is 0 Å². The first-order valence-corrected chi connectivity index (χ1v) is 18.6. The highest BCUT2D eigenvalue weighted by molar-refractivity contribution is 7.80. The van der Waals surface area contributed by atoms with Gasteiger partial charge in [0.15, 0.2) is 0 Å². The Bertz CT molecular complexity index is 2010. The third-order valence-corrected chi connectivity index (χ3v) is 14.0. The van der Waals surface area contributed by atoms with E-state index in [4.69, 9.17) is 0 Å². The normalized spacial score (nSPS) is 17.2. The average molecular weight is 625 g/mol. The average Bonchev–Trinajstić information content (AvgIpc) is 3.14. The SMILES string of the molecule is C1=CC2C=CC(P(c3ccccc3)c3ccccc3)=C(c3c(P(c4ccccc4)c4ccccc4)ccc4ccccc34)C2C=C1. The molecule has 2 aliphatic rings. The predicted octanol–water partition coefficient (Wildman–Crippen LogP) is 9.37. The number of fused-ring (bicyclic) bond motifs is 2. The highest BCUT2D eigenvalue weighted by Gasteiger charge is 2.35. The summed E-state index contributed by atoms with van der Waals surface area (Å²) in [5.41, 5.74) is 2.88. The first kappa shape index (κ1) is 28.8. The van der Waals surface area contributed by atoms with Gasteiger partial charge >= 0.3 is 0 Å². The Morgan fingerprint density at radius 1 is 0.413 bits per heavy atom. The zero-order valence-corrected chi connectivity index (χ0v) is 27.3. The molecule has 0 nitrogen and oxygen atoms in total. The Balaban J connectivity index is 1.50. The molecule has 0 aromatic heterocycles. The zero-order chi connectivity index (χ0) is 30.7. The maximum Gasteiger partial charge on any atom is 0.0132 e. The van der Waals surface area contributed by atoms with E-state index in [0.29, 0.717) is 5.92 Å². The van der Waals surface area contributed by atoms with Crippen LogP contribution < -0.4 is 26.5 Å². The summed E-state index contributed by atoms with van der Waals surface area (Å²) in [5, 5.41) is 11.0. The van der Waals surface area contributed by atoms with E-state index in [2.05, 4.69) is 194 Å². The minimum atomic E-state index is -0.829. The van der Waals surface area contributed by atoms with Gasteiger partial charge in [0.25, 0.3) is 0 Å². The molecule has 6 aromatic carbocycles. The molecule has 0 N–H and O–H groups in total. The Hall–Kier alpha value is -4.60. The van der Waals surface area contributed by atoms with E-state index in [1.54, 1.807) is 0 Å². The van der Waals surface area contributed by atoms with Crippen LogP contribution in [0.2, 0.25) is 0 Å². The summed E-state index contributed by atoms with van der Waals surface area (Å²) >= 11 is 0. The summed E-state index contributed by atoms with van der Waals surface area (Å²) in [7, 11) is -1.65. The summed E-state index contributed by atoms with van der Waals surface area (Å²) in [6, 6.07) is 58.5. The standard InChI is InChI=1S/C44H34P2/c1-5-19-35(20-6-1)45(36-21-7-2-8-22-36)41-31-29-33-17-13-15-27-39(33)43(41)44-40-28-16-14-18-34(40)30-32-42(44)46(37-23-9-3-10-24-37)38-25-11-4-12-26-38/h1-33,39H. The molecule has 2 heteroatoms. The summed E-state index contributed by atoms with van der Waals surface area (Å²) < 4.78 is 0. The Morgan fingerprint density at radius 2 is 0.913 bits per heavy atom. The van der Waals surface area contributed by atoms with E-state index in [0.717, 1.165) is 0 Å². The van der Waals surface area contributed by atoms with E-state index < -0.39 is 15.8 Å². The molecule has 0 radical (unpaired) electrons. The molecule has 2 aliphatic carbocycles. The lowest BCUT2D eigenvalue weighted by molar-refractivity contribution is 0.677. The Kier molecular flexibility index (Phi) is 8.17. The van der Waals surface area contributed by atoms with Crippen LogP contribution >= 0.6 is 15.8 Å². The molecular formula is C44H34P2. The van der Waals surface area contributed by atoms with E-state index in [9.17, 15) is 0 Å². The molecule has 0 amide bonds. The van der Waals surface area contributed by atoms with Crippen LogP contribution in [0.15, 0.2) is 199 Å². The fourth-order valence-electron chi connectivity index (χ4n) is 6.94. The van der Waals surface area contributed by atoms with Gasteiger partial charge < -0.3 is 0 Å². The van der Waals surface area contributed by atoms with Crippen LogP contribution in [0.3, 0.4) is 0 Å². The van der Waals surface area contributed by atoms with Crippen LogP contribution in [0.1, 0.15) is 5.56 Å². The zero-order valence-electron chi connectivity index (χ0n) is 25.5. The number of hydrogen-bond donors (Lipinski definition) is 0. The van der Waals surface area contributed by atoms with Crippen LogP contribution in [-0.4, -0.2) is 0 Å². The molecule has 6 aromatic rings. The third-order valence-electron chi connectivity index (χ3n) is 8.98. The Labute approximate surface area is 274 Å². The van der Waals surface area contributed by atoms with E-state index in [1.165, 1.54) is 53.7 Å². The molecule has 2 atom stereocenters. The lowest BCUT2D eigenvalue weighted by Crippen LogP contribution is -2.27. The summed E-state index contributed by atoms with van der Waals surface area (Å²) in [5.74, 6) is 0.564. The van der Waals surface area contributed by atoms with Crippen molar-refractivity contribution in [3.8, 4) is 0 Å². The third kappa shape index (κ3) is 5.43. The van der Waals surface area contributed by atoms with Crippen molar-refractivity contribution >= 4 is 58.7 Å². The molecule has 46 heavy (non-hydrogen) atoms. The van der Waals surface area contributed by atoms with Crippen molar-refractivity contribution in [2.75, 3.05) is 0 Å². The molecule has 0 spiro atoms. The minimum Gasteiger partial charge on any atom is -0.0767 e. The molecule has 220 valence electrons. The Morgan fingerprint density at radius 3 is 1.50 bits per heavy atom. The van der Waals surface area contributed by atoms with Gasteiger partial charge in [0.05, 0.1) is 0 Å². The van der Waals surface area contributed by atoms with Gasteiger partial charge in [-0.05, 0) is 69.6 Å². The highest BCUT2D eigenvalue weighted by Crippen LogP contribution is 2.55. The molecular weight excluding hydrogens is 590 g/mol. The number of benzene rings is 6. The summed E-state index contributed by atoms with van der Waals surface area (Å²) in [6.45, 7) is 0. The molecule has 0 saturated carbocycles. The fraction of sp³-hybridized carbons (Fsp3) is 0.0455. The van der Waals surface area contributed by atoms with Gasteiger partial charge in [-0.2, -0.15) is 0 Å². The number of hydrogen-bond acceptors (Lipinski definition) is 0. The topological polar surface area (TPSA) is 0 Å². The van der Waals surface area contributed by atoms with Crippen molar-refractivity contribution < 1.29 is 0 Å². The van der Waals surface area contributed by atoms with Crippen LogP contribution in [-0.2, 0) is 0 Å². The molecule has 0 bridgehead atoms. The molecule has 0 heterocycles. The quantitative estimate of drug-likeness (QED) is 0.155. The highest BCUT2D eigenvalue weighted by atomic mass is 31.1. The fourth-order valence-corrected chi connectivity index (χ4v) is 12.0. The van der Waals surface area contributed by atoms with Gasteiger partial charge in [-0.1, -0.05) is 194 Å². The van der Waals surface area contributed by atoms with Crippen LogP contribution in [0, 0.1) is 11.8 Å². The van der Waals surface area contributed by atoms with Crippen molar-refractivity contribution in [1.82, 2.24) is 0 Å². The lowest BCUT2D eigenvalue weighted by atomic mass is 9.76. The van der Waals surface area contributed by atoms with Crippen LogP contribution in [0.5, 0.6) is 0 Å². The van der Waals surface area contributed by atoms with Gasteiger partial charge in [0.2, 0.25) is 0 Å².